The molecule has 0 radical (unpaired) electrons. The molecule has 3 nitrogen and oxygen atoms in total. The predicted molar refractivity (Wildman–Crippen MR) is 122 cm³/mol. The zero-order chi connectivity index (χ0) is 21.1. The second kappa shape index (κ2) is 9.30. The lowest BCUT2D eigenvalue weighted by Gasteiger charge is -2.19. The van der Waals surface area contributed by atoms with Crippen LogP contribution >= 0.6 is 0 Å². The number of fused-ring (bicyclic) bond motifs is 1. The Bertz CT molecular complexity index is 915. The molecule has 3 heteroatoms. The van der Waals surface area contributed by atoms with Crippen molar-refractivity contribution in [2.45, 2.75) is 51.4 Å². The number of aliphatic hydroxyl groups excluding tert-OH is 2. The highest BCUT2D eigenvalue weighted by Crippen LogP contribution is 2.47. The highest BCUT2D eigenvalue weighted by Gasteiger charge is 2.43. The highest BCUT2D eigenvalue weighted by atomic mass is 16.3. The van der Waals surface area contributed by atoms with Gasteiger partial charge in [0.1, 0.15) is 0 Å². The van der Waals surface area contributed by atoms with Crippen LogP contribution in [-0.4, -0.2) is 22.4 Å². The topological polar surface area (TPSA) is 66.5 Å². The number of benzene rings is 2. The van der Waals surface area contributed by atoms with E-state index >= 15 is 0 Å². The van der Waals surface area contributed by atoms with Gasteiger partial charge in [-0.1, -0.05) is 77.9 Å². The normalized spacial score (nSPS) is 26.7. The van der Waals surface area contributed by atoms with Crippen molar-refractivity contribution in [1.82, 2.24) is 0 Å². The molecule has 4 rings (SSSR count). The van der Waals surface area contributed by atoms with Crippen molar-refractivity contribution in [1.29, 1.82) is 0 Å². The smallest absolute Gasteiger partial charge is 0.0761 e. The fraction of sp³-hybridized carbons (Fsp3) is 0.407. The summed E-state index contributed by atoms with van der Waals surface area (Å²) in [5.41, 5.74) is 12.0. The molecule has 0 spiro atoms. The van der Waals surface area contributed by atoms with Crippen LogP contribution in [-0.2, 0) is 19.4 Å². The average molecular weight is 404 g/mol. The van der Waals surface area contributed by atoms with Crippen LogP contribution in [0.4, 0.5) is 0 Å². The molecular weight excluding hydrogens is 370 g/mol. The van der Waals surface area contributed by atoms with Gasteiger partial charge >= 0.3 is 0 Å². The van der Waals surface area contributed by atoms with Crippen LogP contribution in [0.1, 0.15) is 35.1 Å². The second-order valence-corrected chi connectivity index (χ2v) is 9.08. The Morgan fingerprint density at radius 3 is 2.60 bits per heavy atom. The summed E-state index contributed by atoms with van der Waals surface area (Å²) in [5, 5.41) is 21.1. The molecule has 30 heavy (non-hydrogen) atoms. The van der Waals surface area contributed by atoms with Crippen LogP contribution in [0.5, 0.6) is 0 Å². The number of aryl methyl sites for hydroxylation is 1. The molecule has 2 aliphatic carbocycles. The molecule has 2 aromatic carbocycles. The van der Waals surface area contributed by atoms with Crippen molar-refractivity contribution in [2.24, 2.45) is 23.5 Å². The van der Waals surface area contributed by atoms with Crippen LogP contribution in [0.3, 0.4) is 0 Å². The molecule has 0 unspecified atom stereocenters. The summed E-state index contributed by atoms with van der Waals surface area (Å²) in [4.78, 5) is 0. The summed E-state index contributed by atoms with van der Waals surface area (Å²) in [5.74, 6) is 1.01. The standard InChI is InChI=1S/C27H33NO2/c1-18-3-2-4-21(11-18)14-24(29)9-10-25-26-15-22(13-23(26)16-27(25)30)12-19-5-7-20(17-28)8-6-19/h2-11,13,23-27,29-30H,12,14-17,28H2,1H3/t23-,24+,25+,26-,27+/m0/s1. The Balaban J connectivity index is 1.36. The first-order valence-corrected chi connectivity index (χ1v) is 11.1. The van der Waals surface area contributed by atoms with Crippen molar-refractivity contribution in [2.75, 3.05) is 0 Å². The first-order chi connectivity index (χ1) is 14.5. The third kappa shape index (κ3) is 4.92. The van der Waals surface area contributed by atoms with Gasteiger partial charge in [-0.05, 0) is 54.7 Å². The number of allylic oxidation sites excluding steroid dienone is 2. The Hall–Kier alpha value is -2.20. The molecule has 0 bridgehead atoms. The molecular formula is C27H33NO2. The third-order valence-electron chi connectivity index (χ3n) is 6.72. The Kier molecular flexibility index (Phi) is 6.52. The minimum absolute atomic E-state index is 0.121. The van der Waals surface area contributed by atoms with Gasteiger partial charge in [0.2, 0.25) is 0 Å². The van der Waals surface area contributed by atoms with Gasteiger partial charge in [-0.2, -0.15) is 0 Å². The lowest BCUT2D eigenvalue weighted by Crippen LogP contribution is -2.18. The molecule has 5 atom stereocenters. The van der Waals surface area contributed by atoms with Crippen molar-refractivity contribution in [3.63, 3.8) is 0 Å². The van der Waals surface area contributed by atoms with Crippen molar-refractivity contribution in [3.05, 3.63) is 94.6 Å². The largest absolute Gasteiger partial charge is 0.392 e. The molecule has 4 N–H and O–H groups in total. The summed E-state index contributed by atoms with van der Waals surface area (Å²) >= 11 is 0. The summed E-state index contributed by atoms with van der Waals surface area (Å²) < 4.78 is 0. The number of nitrogens with two attached hydrogens (primary N) is 1. The van der Waals surface area contributed by atoms with E-state index in [0.717, 1.165) is 30.4 Å². The van der Waals surface area contributed by atoms with E-state index in [1.807, 2.05) is 12.1 Å². The van der Waals surface area contributed by atoms with Crippen molar-refractivity contribution in [3.8, 4) is 0 Å². The van der Waals surface area contributed by atoms with Crippen LogP contribution in [0.15, 0.2) is 72.3 Å². The van der Waals surface area contributed by atoms with Gasteiger partial charge < -0.3 is 15.9 Å². The van der Waals surface area contributed by atoms with Gasteiger partial charge in [-0.3, -0.25) is 0 Å². The van der Waals surface area contributed by atoms with Crippen LogP contribution in [0.25, 0.3) is 0 Å². The van der Waals surface area contributed by atoms with Gasteiger partial charge in [0.25, 0.3) is 0 Å². The maximum absolute atomic E-state index is 10.6. The summed E-state index contributed by atoms with van der Waals surface area (Å²) in [6, 6.07) is 16.8. The Morgan fingerprint density at radius 2 is 1.87 bits per heavy atom. The molecule has 0 aromatic heterocycles. The molecule has 0 aliphatic heterocycles. The average Bonchev–Trinajstić information content (AvgIpc) is 3.23. The van der Waals surface area contributed by atoms with E-state index in [2.05, 4.69) is 61.5 Å². The Morgan fingerprint density at radius 1 is 1.10 bits per heavy atom. The quantitative estimate of drug-likeness (QED) is 0.610. The summed E-state index contributed by atoms with van der Waals surface area (Å²) in [6.07, 6.45) is 8.95. The summed E-state index contributed by atoms with van der Waals surface area (Å²) in [6.45, 7) is 2.65. The highest BCUT2D eigenvalue weighted by molar-refractivity contribution is 5.30. The van der Waals surface area contributed by atoms with E-state index in [1.165, 1.54) is 16.7 Å². The van der Waals surface area contributed by atoms with E-state index in [1.54, 1.807) is 0 Å². The first kappa shape index (κ1) is 21.0. The number of rotatable bonds is 7. The van der Waals surface area contributed by atoms with E-state index in [-0.39, 0.29) is 12.0 Å². The van der Waals surface area contributed by atoms with Crippen molar-refractivity contribution < 1.29 is 10.2 Å². The third-order valence-corrected chi connectivity index (χ3v) is 6.72. The van der Waals surface area contributed by atoms with Crippen LogP contribution in [0.2, 0.25) is 0 Å². The van der Waals surface area contributed by atoms with Crippen molar-refractivity contribution >= 4 is 0 Å². The van der Waals surface area contributed by atoms with Gasteiger partial charge in [0.15, 0.2) is 0 Å². The van der Waals surface area contributed by atoms with E-state index in [9.17, 15) is 10.2 Å². The zero-order valence-corrected chi connectivity index (χ0v) is 17.7. The molecule has 2 aromatic rings. The van der Waals surface area contributed by atoms with Gasteiger partial charge in [0.05, 0.1) is 12.2 Å². The molecule has 0 saturated heterocycles. The molecule has 0 heterocycles. The Labute approximate surface area is 180 Å². The monoisotopic (exact) mass is 403 g/mol. The fourth-order valence-corrected chi connectivity index (χ4v) is 5.20. The number of hydrogen-bond acceptors (Lipinski definition) is 3. The molecule has 0 amide bonds. The maximum atomic E-state index is 10.6. The number of aliphatic hydroxyl groups is 2. The fourth-order valence-electron chi connectivity index (χ4n) is 5.20. The predicted octanol–water partition coefficient (Wildman–Crippen LogP) is 4.10. The minimum Gasteiger partial charge on any atom is -0.392 e. The van der Waals surface area contributed by atoms with Crippen LogP contribution < -0.4 is 5.73 Å². The molecule has 1 saturated carbocycles. The SMILES string of the molecule is Cc1cccc(C[C@H](O)C=C[C@@H]2[C@H]3CC(Cc4ccc(CN)cc4)=C[C@H]3C[C@H]2O)c1. The molecule has 158 valence electrons. The molecule has 1 fully saturated rings. The van der Waals surface area contributed by atoms with Gasteiger partial charge in [-0.15, -0.1) is 0 Å². The van der Waals surface area contributed by atoms with E-state index in [0.29, 0.717) is 24.8 Å². The lowest BCUT2D eigenvalue weighted by atomic mass is 9.88. The minimum atomic E-state index is -0.520. The second-order valence-electron chi connectivity index (χ2n) is 9.08. The maximum Gasteiger partial charge on any atom is 0.0761 e. The zero-order valence-electron chi connectivity index (χ0n) is 17.7. The van der Waals surface area contributed by atoms with E-state index in [4.69, 9.17) is 5.73 Å². The van der Waals surface area contributed by atoms with Gasteiger partial charge in [0, 0.05) is 18.9 Å². The molecule has 2 aliphatic rings. The van der Waals surface area contributed by atoms with Gasteiger partial charge in [-0.25, -0.2) is 0 Å². The lowest BCUT2D eigenvalue weighted by molar-refractivity contribution is 0.140. The van der Waals surface area contributed by atoms with E-state index < -0.39 is 6.10 Å². The van der Waals surface area contributed by atoms with Crippen LogP contribution in [0, 0.1) is 24.7 Å². The summed E-state index contributed by atoms with van der Waals surface area (Å²) in [7, 11) is 0. The first-order valence-electron chi connectivity index (χ1n) is 11.1. The number of hydrogen-bond donors (Lipinski definition) is 3.